The second-order valence-electron chi connectivity index (χ2n) is 11.3. The Hall–Kier alpha value is -0.140. The molecule has 5 fully saturated rings. The molecule has 11 atom stereocenters. The highest BCUT2D eigenvalue weighted by atomic mass is 19.1. The van der Waals surface area contributed by atoms with Crippen LogP contribution in [0, 0.1) is 52.3 Å². The summed E-state index contributed by atoms with van der Waals surface area (Å²) in [5.41, 5.74) is 0.256. The first-order chi connectivity index (χ1) is 11.8. The molecule has 0 amide bonds. The van der Waals surface area contributed by atoms with Crippen LogP contribution in [0.1, 0.15) is 78.6 Å². The van der Waals surface area contributed by atoms with Crippen LogP contribution in [0.15, 0.2) is 0 Å². The smallest absolute Gasteiger partial charge is 0.108 e. The van der Waals surface area contributed by atoms with Crippen molar-refractivity contribution in [1.82, 2.24) is 0 Å². The minimum atomic E-state index is -0.615. The van der Waals surface area contributed by atoms with E-state index in [0.29, 0.717) is 23.2 Å². The van der Waals surface area contributed by atoms with Gasteiger partial charge in [0.2, 0.25) is 0 Å². The van der Waals surface area contributed by atoms with Crippen molar-refractivity contribution in [3.05, 3.63) is 0 Å². The zero-order chi connectivity index (χ0) is 17.6. The summed E-state index contributed by atoms with van der Waals surface area (Å²) in [5, 5.41) is 0. The zero-order valence-electron chi connectivity index (χ0n) is 16.3. The maximum absolute atomic E-state index is 15.3. The van der Waals surface area contributed by atoms with Gasteiger partial charge in [-0.2, -0.15) is 0 Å². The number of hydrogen-bond donors (Lipinski definition) is 0. The van der Waals surface area contributed by atoms with Crippen LogP contribution < -0.4 is 0 Å². The second kappa shape index (κ2) is 5.44. The van der Waals surface area contributed by atoms with Gasteiger partial charge in [-0.25, -0.2) is 8.78 Å². The van der Waals surface area contributed by atoms with E-state index < -0.39 is 12.3 Å². The van der Waals surface area contributed by atoms with E-state index >= 15 is 4.39 Å². The number of fused-ring (bicyclic) bond motifs is 4. The molecule has 0 aromatic heterocycles. The Morgan fingerprint density at radius 2 is 1.44 bits per heavy atom. The molecule has 0 heterocycles. The fourth-order valence-corrected chi connectivity index (χ4v) is 9.20. The summed E-state index contributed by atoms with van der Waals surface area (Å²) in [4.78, 5) is 0. The number of hydrogen-bond acceptors (Lipinski definition) is 0. The molecule has 5 aliphatic rings. The molecule has 5 saturated carbocycles. The van der Waals surface area contributed by atoms with Gasteiger partial charge in [0.25, 0.3) is 0 Å². The summed E-state index contributed by atoms with van der Waals surface area (Å²) in [5.74, 6) is 4.53. The number of rotatable bonds is 0. The Balaban J connectivity index is 1.49. The SMILES string of the molecule is CC1CCC2C3CC4CC5CC(F)CCC(C)(C3CCC2(C)C1F)C54. The van der Waals surface area contributed by atoms with Crippen molar-refractivity contribution in [2.45, 2.75) is 90.9 Å². The summed E-state index contributed by atoms with van der Waals surface area (Å²) < 4.78 is 29.6. The highest BCUT2D eigenvalue weighted by Crippen LogP contribution is 2.71. The van der Waals surface area contributed by atoms with Gasteiger partial charge < -0.3 is 0 Å². The first-order valence-electron chi connectivity index (χ1n) is 11.1. The summed E-state index contributed by atoms with van der Waals surface area (Å²) in [6, 6.07) is 0. The molecule has 0 aliphatic heterocycles. The summed E-state index contributed by atoms with van der Waals surface area (Å²) >= 11 is 0. The van der Waals surface area contributed by atoms with Gasteiger partial charge in [0, 0.05) is 5.41 Å². The summed E-state index contributed by atoms with van der Waals surface area (Å²) in [6.45, 7) is 6.92. The number of halogens is 2. The maximum atomic E-state index is 15.3. The van der Waals surface area contributed by atoms with Gasteiger partial charge in [-0.1, -0.05) is 20.8 Å². The van der Waals surface area contributed by atoms with Crippen LogP contribution >= 0.6 is 0 Å². The fraction of sp³-hybridized carbons (Fsp3) is 1.00. The van der Waals surface area contributed by atoms with Gasteiger partial charge in [-0.3, -0.25) is 0 Å². The second-order valence-corrected chi connectivity index (χ2v) is 11.3. The maximum Gasteiger partial charge on any atom is 0.108 e. The Labute approximate surface area is 152 Å². The third-order valence-electron chi connectivity index (χ3n) is 10.3. The van der Waals surface area contributed by atoms with Gasteiger partial charge in [-0.05, 0) is 105 Å². The molecule has 0 aromatic carbocycles. The average Bonchev–Trinajstić information content (AvgIpc) is 2.66. The fourth-order valence-electron chi connectivity index (χ4n) is 9.20. The highest BCUT2D eigenvalue weighted by Gasteiger charge is 2.65. The topological polar surface area (TPSA) is 0 Å². The van der Waals surface area contributed by atoms with Gasteiger partial charge >= 0.3 is 0 Å². The molecule has 0 aromatic rings. The van der Waals surface area contributed by atoms with Crippen LogP contribution in [-0.2, 0) is 0 Å². The lowest BCUT2D eigenvalue weighted by molar-refractivity contribution is -0.198. The van der Waals surface area contributed by atoms with E-state index in [-0.39, 0.29) is 11.3 Å². The first-order valence-corrected chi connectivity index (χ1v) is 11.1. The zero-order valence-corrected chi connectivity index (χ0v) is 16.3. The lowest BCUT2D eigenvalue weighted by Gasteiger charge is -2.67. The predicted octanol–water partition coefficient (Wildman–Crippen LogP) is 6.59. The van der Waals surface area contributed by atoms with Crippen LogP contribution in [0.3, 0.4) is 0 Å². The van der Waals surface area contributed by atoms with Crippen molar-refractivity contribution in [2.75, 3.05) is 0 Å². The van der Waals surface area contributed by atoms with Crippen molar-refractivity contribution in [2.24, 2.45) is 52.3 Å². The molecule has 2 heteroatoms. The minimum Gasteiger partial charge on any atom is -0.247 e. The average molecular weight is 351 g/mol. The molecule has 0 spiro atoms. The summed E-state index contributed by atoms with van der Waals surface area (Å²) in [7, 11) is 0. The molecule has 5 rings (SSSR count). The quantitative estimate of drug-likeness (QED) is 0.462. The normalized spacial score (nSPS) is 63.5. The molecular weight excluding hydrogens is 314 g/mol. The van der Waals surface area contributed by atoms with Crippen LogP contribution in [0.5, 0.6) is 0 Å². The molecule has 0 nitrogen and oxygen atoms in total. The Kier molecular flexibility index (Phi) is 3.70. The minimum absolute atomic E-state index is 0.0848. The molecule has 0 bridgehead atoms. The van der Waals surface area contributed by atoms with Gasteiger partial charge in [0.05, 0.1) is 0 Å². The molecule has 0 N–H and O–H groups in total. The van der Waals surface area contributed by atoms with Gasteiger partial charge in [0.15, 0.2) is 0 Å². The van der Waals surface area contributed by atoms with E-state index in [4.69, 9.17) is 0 Å². The highest BCUT2D eigenvalue weighted by molar-refractivity contribution is 5.14. The number of alkyl halides is 2. The molecule has 25 heavy (non-hydrogen) atoms. The summed E-state index contributed by atoms with van der Waals surface area (Å²) in [6.07, 6.45) is 8.71. The Morgan fingerprint density at radius 1 is 0.760 bits per heavy atom. The van der Waals surface area contributed by atoms with E-state index in [2.05, 4.69) is 20.8 Å². The van der Waals surface area contributed by atoms with E-state index in [1.807, 2.05) is 0 Å². The molecule has 11 unspecified atom stereocenters. The third kappa shape index (κ3) is 2.15. The molecular formula is C23H36F2. The Bertz CT molecular complexity index is 546. The van der Waals surface area contributed by atoms with Crippen molar-refractivity contribution in [1.29, 1.82) is 0 Å². The third-order valence-corrected chi connectivity index (χ3v) is 10.3. The van der Waals surface area contributed by atoms with E-state index in [1.165, 1.54) is 25.7 Å². The lowest BCUT2D eigenvalue weighted by Crippen LogP contribution is -2.62. The van der Waals surface area contributed by atoms with Gasteiger partial charge in [-0.15, -0.1) is 0 Å². The van der Waals surface area contributed by atoms with Crippen molar-refractivity contribution in [3.63, 3.8) is 0 Å². The van der Waals surface area contributed by atoms with Crippen LogP contribution in [0.2, 0.25) is 0 Å². The first kappa shape index (κ1) is 17.0. The molecule has 142 valence electrons. The van der Waals surface area contributed by atoms with E-state index in [9.17, 15) is 4.39 Å². The Morgan fingerprint density at radius 3 is 2.24 bits per heavy atom. The van der Waals surface area contributed by atoms with Crippen molar-refractivity contribution in [3.8, 4) is 0 Å². The van der Waals surface area contributed by atoms with Crippen LogP contribution in [-0.4, -0.2) is 12.3 Å². The largest absolute Gasteiger partial charge is 0.247 e. The predicted molar refractivity (Wildman–Crippen MR) is 97.7 cm³/mol. The molecule has 0 saturated heterocycles. The monoisotopic (exact) mass is 350 g/mol. The van der Waals surface area contributed by atoms with Crippen LogP contribution in [0.25, 0.3) is 0 Å². The van der Waals surface area contributed by atoms with E-state index in [1.54, 1.807) is 0 Å². The lowest BCUT2D eigenvalue weighted by atomic mass is 9.37. The van der Waals surface area contributed by atoms with Crippen molar-refractivity contribution < 1.29 is 8.78 Å². The van der Waals surface area contributed by atoms with Gasteiger partial charge in [0.1, 0.15) is 12.3 Å². The van der Waals surface area contributed by atoms with Crippen LogP contribution in [0.4, 0.5) is 8.78 Å². The standard InChI is InChI=1S/C23H36F2/c1-13-4-5-18-17-12-15-10-14-11-16(24)6-8-22(2,20(14)15)19(17)7-9-23(18,3)21(13)25/h13-21H,4-12H2,1-3H3. The molecule has 0 radical (unpaired) electrons. The van der Waals surface area contributed by atoms with E-state index in [0.717, 1.165) is 49.9 Å². The van der Waals surface area contributed by atoms with Crippen molar-refractivity contribution >= 4 is 0 Å². The molecule has 5 aliphatic carbocycles.